The van der Waals surface area contributed by atoms with Crippen LogP contribution in [0.1, 0.15) is 11.1 Å². The van der Waals surface area contributed by atoms with Crippen molar-refractivity contribution >= 4 is 15.9 Å². The van der Waals surface area contributed by atoms with Gasteiger partial charge in [-0.2, -0.15) is 0 Å². The third kappa shape index (κ3) is 2.23. The minimum atomic E-state index is 0.280. The quantitative estimate of drug-likeness (QED) is 0.914. The number of rotatable bonds is 3. The number of hydrogen-bond acceptors (Lipinski definition) is 1. The van der Waals surface area contributed by atoms with Crippen molar-refractivity contribution in [2.45, 2.75) is 11.8 Å². The van der Waals surface area contributed by atoms with E-state index in [1.54, 1.807) is 0 Å². The summed E-state index contributed by atoms with van der Waals surface area (Å²) in [5.41, 5.74) is 3.13. The van der Waals surface area contributed by atoms with Gasteiger partial charge in [0.1, 0.15) is 0 Å². The van der Waals surface area contributed by atoms with Crippen molar-refractivity contribution in [1.29, 1.82) is 0 Å². The summed E-state index contributed by atoms with van der Waals surface area (Å²) in [7, 11) is 0. The normalized spacial score (nSPS) is 17.2. The highest BCUT2D eigenvalue weighted by atomic mass is 79.9. The molecule has 2 aromatic carbocycles. The molecule has 1 aliphatic heterocycles. The molecule has 0 amide bonds. The van der Waals surface area contributed by atoms with Crippen molar-refractivity contribution in [2.75, 3.05) is 13.1 Å². The van der Waals surface area contributed by atoms with Crippen LogP contribution >= 0.6 is 15.9 Å². The maximum atomic E-state index is 3.55. The topological polar surface area (TPSA) is 12.0 Å². The summed E-state index contributed by atoms with van der Waals surface area (Å²) < 4.78 is 1.16. The second kappa shape index (κ2) is 4.87. The van der Waals surface area contributed by atoms with Crippen molar-refractivity contribution in [3.05, 3.63) is 70.2 Å². The van der Waals surface area contributed by atoms with Gasteiger partial charge in [0, 0.05) is 23.0 Å². The molecule has 0 saturated carbocycles. The standard InChI is InChI=1S/C16H16BrN/c17-15-8-4-5-13(9-15)10-16(11-18-12-16)14-6-2-1-3-7-14/h1-9,18H,10-12H2. The summed E-state index contributed by atoms with van der Waals surface area (Å²) in [6.07, 6.45) is 1.10. The van der Waals surface area contributed by atoms with Crippen LogP contribution in [0, 0.1) is 0 Å². The van der Waals surface area contributed by atoms with Crippen LogP contribution < -0.4 is 5.32 Å². The lowest BCUT2D eigenvalue weighted by Gasteiger charge is -2.43. The molecule has 0 radical (unpaired) electrons. The van der Waals surface area contributed by atoms with Gasteiger partial charge in [-0.25, -0.2) is 0 Å². The van der Waals surface area contributed by atoms with Gasteiger partial charge in [-0.3, -0.25) is 0 Å². The van der Waals surface area contributed by atoms with Crippen LogP contribution in [0.25, 0.3) is 0 Å². The predicted molar refractivity (Wildman–Crippen MR) is 78.8 cm³/mol. The van der Waals surface area contributed by atoms with Crippen molar-refractivity contribution in [3.63, 3.8) is 0 Å². The Morgan fingerprint density at radius 3 is 2.39 bits per heavy atom. The third-order valence-electron chi connectivity index (χ3n) is 3.74. The van der Waals surface area contributed by atoms with E-state index >= 15 is 0 Å². The Morgan fingerprint density at radius 1 is 1.00 bits per heavy atom. The lowest BCUT2D eigenvalue weighted by Crippen LogP contribution is -2.58. The van der Waals surface area contributed by atoms with Gasteiger partial charge in [-0.05, 0) is 29.7 Å². The molecule has 2 heteroatoms. The van der Waals surface area contributed by atoms with Gasteiger partial charge in [-0.1, -0.05) is 58.4 Å². The van der Waals surface area contributed by atoms with Gasteiger partial charge >= 0.3 is 0 Å². The minimum Gasteiger partial charge on any atom is -0.315 e. The number of nitrogens with one attached hydrogen (secondary N) is 1. The van der Waals surface area contributed by atoms with E-state index in [4.69, 9.17) is 0 Å². The molecule has 0 aliphatic carbocycles. The van der Waals surface area contributed by atoms with E-state index in [2.05, 4.69) is 75.8 Å². The summed E-state index contributed by atoms with van der Waals surface area (Å²) in [6.45, 7) is 2.15. The molecule has 0 bridgehead atoms. The van der Waals surface area contributed by atoms with E-state index in [0.29, 0.717) is 0 Å². The molecule has 0 spiro atoms. The molecular formula is C16H16BrN. The molecule has 3 rings (SSSR count). The molecular weight excluding hydrogens is 286 g/mol. The zero-order valence-electron chi connectivity index (χ0n) is 10.2. The molecule has 1 heterocycles. The number of benzene rings is 2. The number of halogens is 1. The largest absolute Gasteiger partial charge is 0.315 e. The summed E-state index contributed by atoms with van der Waals surface area (Å²) in [5.74, 6) is 0. The SMILES string of the molecule is Brc1cccc(CC2(c3ccccc3)CNC2)c1. The van der Waals surface area contributed by atoms with E-state index in [9.17, 15) is 0 Å². The smallest absolute Gasteiger partial charge is 0.0242 e. The van der Waals surface area contributed by atoms with Crippen LogP contribution in [0.2, 0.25) is 0 Å². The molecule has 0 aromatic heterocycles. The van der Waals surface area contributed by atoms with Gasteiger partial charge in [0.15, 0.2) is 0 Å². The molecule has 2 aromatic rings. The fourth-order valence-corrected chi connectivity index (χ4v) is 3.13. The first-order valence-electron chi connectivity index (χ1n) is 6.29. The van der Waals surface area contributed by atoms with E-state index in [-0.39, 0.29) is 5.41 Å². The molecule has 92 valence electrons. The monoisotopic (exact) mass is 301 g/mol. The van der Waals surface area contributed by atoms with Gasteiger partial charge in [-0.15, -0.1) is 0 Å². The van der Waals surface area contributed by atoms with Gasteiger partial charge in [0.2, 0.25) is 0 Å². The Morgan fingerprint density at radius 2 is 1.78 bits per heavy atom. The average molecular weight is 302 g/mol. The second-order valence-electron chi connectivity index (χ2n) is 5.06. The Labute approximate surface area is 116 Å². The first-order chi connectivity index (χ1) is 8.78. The van der Waals surface area contributed by atoms with E-state index < -0.39 is 0 Å². The summed E-state index contributed by atoms with van der Waals surface area (Å²) in [6, 6.07) is 19.5. The summed E-state index contributed by atoms with van der Waals surface area (Å²) in [4.78, 5) is 0. The van der Waals surface area contributed by atoms with Crippen LogP contribution in [0.5, 0.6) is 0 Å². The van der Waals surface area contributed by atoms with Gasteiger partial charge < -0.3 is 5.32 Å². The Balaban J connectivity index is 1.89. The van der Waals surface area contributed by atoms with E-state index in [1.165, 1.54) is 11.1 Å². The maximum Gasteiger partial charge on any atom is 0.0242 e. The van der Waals surface area contributed by atoms with Crippen molar-refractivity contribution < 1.29 is 0 Å². The van der Waals surface area contributed by atoms with E-state index in [0.717, 1.165) is 24.0 Å². The third-order valence-corrected chi connectivity index (χ3v) is 4.24. The predicted octanol–water partition coefficient (Wildman–Crippen LogP) is 3.53. The Hall–Kier alpha value is -1.12. The Bertz CT molecular complexity index is 532. The zero-order valence-corrected chi connectivity index (χ0v) is 11.8. The highest BCUT2D eigenvalue weighted by molar-refractivity contribution is 9.10. The molecule has 18 heavy (non-hydrogen) atoms. The molecule has 1 nitrogen and oxygen atoms in total. The second-order valence-corrected chi connectivity index (χ2v) is 5.97. The first-order valence-corrected chi connectivity index (χ1v) is 7.09. The van der Waals surface area contributed by atoms with Crippen LogP contribution in [0.3, 0.4) is 0 Å². The first kappa shape index (κ1) is 11.9. The van der Waals surface area contributed by atoms with Crippen LogP contribution in [-0.4, -0.2) is 13.1 Å². The fourth-order valence-electron chi connectivity index (χ4n) is 2.69. The molecule has 0 unspecified atom stereocenters. The van der Waals surface area contributed by atoms with Gasteiger partial charge in [0.05, 0.1) is 0 Å². The Kier molecular flexibility index (Phi) is 3.23. The lowest BCUT2D eigenvalue weighted by atomic mass is 9.71. The van der Waals surface area contributed by atoms with Crippen molar-refractivity contribution in [3.8, 4) is 0 Å². The summed E-state index contributed by atoms with van der Waals surface area (Å²) in [5, 5.41) is 3.42. The average Bonchev–Trinajstić information content (AvgIpc) is 2.35. The van der Waals surface area contributed by atoms with Crippen LogP contribution in [0.4, 0.5) is 0 Å². The highest BCUT2D eigenvalue weighted by Gasteiger charge is 2.38. The number of hydrogen-bond donors (Lipinski definition) is 1. The van der Waals surface area contributed by atoms with Crippen LogP contribution in [0.15, 0.2) is 59.1 Å². The van der Waals surface area contributed by atoms with Crippen molar-refractivity contribution in [1.82, 2.24) is 5.32 Å². The maximum absolute atomic E-state index is 3.55. The fraction of sp³-hybridized carbons (Fsp3) is 0.250. The molecule has 0 atom stereocenters. The van der Waals surface area contributed by atoms with Crippen LogP contribution in [-0.2, 0) is 11.8 Å². The van der Waals surface area contributed by atoms with Gasteiger partial charge in [0.25, 0.3) is 0 Å². The molecule has 1 aliphatic rings. The molecule has 1 saturated heterocycles. The molecule has 1 fully saturated rings. The lowest BCUT2D eigenvalue weighted by molar-refractivity contribution is 0.274. The summed E-state index contributed by atoms with van der Waals surface area (Å²) >= 11 is 3.55. The molecule has 1 N–H and O–H groups in total. The van der Waals surface area contributed by atoms with Crippen molar-refractivity contribution in [2.24, 2.45) is 0 Å². The van der Waals surface area contributed by atoms with E-state index in [1.807, 2.05) is 0 Å². The zero-order chi connectivity index (χ0) is 12.4. The highest BCUT2D eigenvalue weighted by Crippen LogP contribution is 2.32. The minimum absolute atomic E-state index is 0.280.